The molecule has 118 valence electrons. The van der Waals surface area contributed by atoms with E-state index in [4.69, 9.17) is 9.47 Å². The number of hydrogen-bond donors (Lipinski definition) is 0. The van der Waals surface area contributed by atoms with E-state index in [0.717, 1.165) is 27.6 Å². The fourth-order valence-electron chi connectivity index (χ4n) is 2.16. The molecule has 0 radical (unpaired) electrons. The highest BCUT2D eigenvalue weighted by Gasteiger charge is 2.21. The molecular weight excluding hydrogens is 298 g/mol. The number of ether oxygens (including phenoxy) is 2. The van der Waals surface area contributed by atoms with Crippen molar-refractivity contribution >= 4 is 17.3 Å². The van der Waals surface area contributed by atoms with Gasteiger partial charge in [-0.3, -0.25) is 0 Å². The average Bonchev–Trinajstić information content (AvgIpc) is 2.90. The second kappa shape index (κ2) is 7.40. The largest absolute Gasteiger partial charge is 0.496 e. The third kappa shape index (κ3) is 3.65. The minimum Gasteiger partial charge on any atom is -0.496 e. The smallest absolute Gasteiger partial charge is 0.358 e. The summed E-state index contributed by atoms with van der Waals surface area (Å²) in [6.07, 6.45) is 0.807. The summed E-state index contributed by atoms with van der Waals surface area (Å²) >= 11 is 1.53. The van der Waals surface area contributed by atoms with Gasteiger partial charge in [0.25, 0.3) is 0 Å². The molecule has 0 saturated heterocycles. The van der Waals surface area contributed by atoms with Crippen molar-refractivity contribution in [3.8, 4) is 16.3 Å². The topological polar surface area (TPSA) is 48.4 Å². The molecule has 0 saturated carbocycles. The number of aromatic nitrogens is 1. The summed E-state index contributed by atoms with van der Waals surface area (Å²) in [5, 5.41) is 0.788. The molecule has 1 aromatic heterocycles. The third-order valence-electron chi connectivity index (χ3n) is 3.10. The first-order chi connectivity index (χ1) is 10.6. The molecule has 0 aliphatic heterocycles. The van der Waals surface area contributed by atoms with E-state index in [1.54, 1.807) is 14.0 Å². The Labute approximate surface area is 135 Å². The van der Waals surface area contributed by atoms with Gasteiger partial charge in [-0.1, -0.05) is 26.0 Å². The number of carbonyl (C=O) groups excluding carboxylic acids is 1. The van der Waals surface area contributed by atoms with Crippen LogP contribution in [0, 0.1) is 5.92 Å². The van der Waals surface area contributed by atoms with E-state index < -0.39 is 0 Å². The van der Waals surface area contributed by atoms with Crippen molar-refractivity contribution in [1.82, 2.24) is 4.98 Å². The van der Waals surface area contributed by atoms with Gasteiger partial charge in [0.1, 0.15) is 10.8 Å². The Balaban J connectivity index is 2.47. The maximum absolute atomic E-state index is 12.1. The fraction of sp³-hybridized carbons (Fsp3) is 0.412. The Hall–Kier alpha value is -1.88. The van der Waals surface area contributed by atoms with Gasteiger partial charge in [-0.2, -0.15) is 0 Å². The Kier molecular flexibility index (Phi) is 5.55. The van der Waals surface area contributed by atoms with E-state index >= 15 is 0 Å². The number of benzene rings is 1. The summed E-state index contributed by atoms with van der Waals surface area (Å²) in [6, 6.07) is 7.69. The molecule has 2 rings (SSSR count). The third-order valence-corrected chi connectivity index (χ3v) is 4.21. The van der Waals surface area contributed by atoms with Gasteiger partial charge >= 0.3 is 5.97 Å². The molecule has 4 nitrogen and oxygen atoms in total. The standard InChI is InChI=1S/C17H21NO3S/c1-5-21-17(19)15-14(10-11(2)3)22-16(18-15)12-8-6-7-9-13(12)20-4/h6-9,11H,5,10H2,1-4H3. The highest BCUT2D eigenvalue weighted by Crippen LogP contribution is 2.35. The summed E-state index contributed by atoms with van der Waals surface area (Å²) in [6.45, 7) is 6.39. The molecule has 1 heterocycles. The molecule has 0 bridgehead atoms. The highest BCUT2D eigenvalue weighted by atomic mass is 32.1. The van der Waals surface area contributed by atoms with Crippen molar-refractivity contribution in [1.29, 1.82) is 0 Å². The van der Waals surface area contributed by atoms with Gasteiger partial charge in [0, 0.05) is 4.88 Å². The van der Waals surface area contributed by atoms with Gasteiger partial charge in [0.2, 0.25) is 0 Å². The molecule has 0 aliphatic rings. The van der Waals surface area contributed by atoms with Crippen LogP contribution >= 0.6 is 11.3 Å². The van der Waals surface area contributed by atoms with Crippen molar-refractivity contribution < 1.29 is 14.3 Å². The van der Waals surface area contributed by atoms with Crippen LogP contribution in [0.15, 0.2) is 24.3 Å². The van der Waals surface area contributed by atoms with Gasteiger partial charge in [0.05, 0.1) is 19.3 Å². The summed E-state index contributed by atoms with van der Waals surface area (Å²) < 4.78 is 10.5. The predicted molar refractivity (Wildman–Crippen MR) is 88.6 cm³/mol. The van der Waals surface area contributed by atoms with Gasteiger partial charge in [0.15, 0.2) is 5.69 Å². The maximum Gasteiger partial charge on any atom is 0.358 e. The zero-order chi connectivity index (χ0) is 16.1. The van der Waals surface area contributed by atoms with Crippen LogP contribution in [-0.4, -0.2) is 24.7 Å². The molecule has 0 fully saturated rings. The zero-order valence-corrected chi connectivity index (χ0v) is 14.2. The van der Waals surface area contributed by atoms with E-state index in [1.165, 1.54) is 11.3 Å². The molecule has 0 atom stereocenters. The van der Waals surface area contributed by atoms with Crippen LogP contribution in [0.25, 0.3) is 10.6 Å². The quantitative estimate of drug-likeness (QED) is 0.749. The second-order valence-electron chi connectivity index (χ2n) is 5.31. The molecular formula is C17H21NO3S. The number of para-hydroxylation sites is 1. The van der Waals surface area contributed by atoms with Gasteiger partial charge in [-0.25, -0.2) is 9.78 Å². The van der Waals surface area contributed by atoms with Crippen molar-refractivity contribution in [2.75, 3.05) is 13.7 Å². The van der Waals surface area contributed by atoms with Gasteiger partial charge in [-0.05, 0) is 31.4 Å². The van der Waals surface area contributed by atoms with E-state index in [1.807, 2.05) is 24.3 Å². The molecule has 2 aromatic rings. The normalized spacial score (nSPS) is 10.8. The highest BCUT2D eigenvalue weighted by molar-refractivity contribution is 7.15. The number of carbonyl (C=O) groups is 1. The van der Waals surface area contributed by atoms with Crippen LogP contribution in [0.2, 0.25) is 0 Å². The lowest BCUT2D eigenvalue weighted by Gasteiger charge is -2.04. The summed E-state index contributed by atoms with van der Waals surface area (Å²) in [5.74, 6) is 0.845. The maximum atomic E-state index is 12.1. The van der Waals surface area contributed by atoms with Crippen molar-refractivity contribution in [3.05, 3.63) is 34.8 Å². The Morgan fingerprint density at radius 3 is 2.68 bits per heavy atom. The van der Waals surface area contributed by atoms with Crippen LogP contribution < -0.4 is 4.74 Å². The molecule has 0 amide bonds. The van der Waals surface area contributed by atoms with Crippen LogP contribution in [0.3, 0.4) is 0 Å². The summed E-state index contributed by atoms with van der Waals surface area (Å²) in [5.41, 5.74) is 1.33. The van der Waals surface area contributed by atoms with E-state index in [-0.39, 0.29) is 5.97 Å². The number of esters is 1. The first-order valence-electron chi connectivity index (χ1n) is 7.37. The monoisotopic (exact) mass is 319 g/mol. The Morgan fingerprint density at radius 1 is 1.32 bits per heavy atom. The lowest BCUT2D eigenvalue weighted by atomic mass is 10.1. The number of hydrogen-bond acceptors (Lipinski definition) is 5. The first kappa shape index (κ1) is 16.5. The van der Waals surface area contributed by atoms with E-state index in [0.29, 0.717) is 18.2 Å². The molecule has 1 aromatic carbocycles. The van der Waals surface area contributed by atoms with Crippen LogP contribution in [0.5, 0.6) is 5.75 Å². The lowest BCUT2D eigenvalue weighted by Crippen LogP contribution is -2.08. The zero-order valence-electron chi connectivity index (χ0n) is 13.4. The van der Waals surface area contributed by atoms with Gasteiger partial charge < -0.3 is 9.47 Å². The fourth-order valence-corrected chi connectivity index (χ4v) is 3.45. The van der Waals surface area contributed by atoms with E-state index in [2.05, 4.69) is 18.8 Å². The number of methoxy groups -OCH3 is 1. The van der Waals surface area contributed by atoms with Crippen molar-refractivity contribution in [3.63, 3.8) is 0 Å². The predicted octanol–water partition coefficient (Wildman–Crippen LogP) is 4.19. The van der Waals surface area contributed by atoms with E-state index in [9.17, 15) is 4.79 Å². The van der Waals surface area contributed by atoms with Crippen molar-refractivity contribution in [2.45, 2.75) is 27.2 Å². The average molecular weight is 319 g/mol. The molecule has 0 aliphatic carbocycles. The van der Waals surface area contributed by atoms with Crippen LogP contribution in [0.4, 0.5) is 0 Å². The lowest BCUT2D eigenvalue weighted by molar-refractivity contribution is 0.0519. The number of thiazole rings is 1. The molecule has 0 N–H and O–H groups in total. The SMILES string of the molecule is CCOC(=O)c1nc(-c2ccccc2OC)sc1CC(C)C. The molecule has 22 heavy (non-hydrogen) atoms. The first-order valence-corrected chi connectivity index (χ1v) is 8.18. The minimum atomic E-state index is -0.351. The minimum absolute atomic E-state index is 0.349. The number of nitrogens with zero attached hydrogens (tertiary/aromatic N) is 1. The summed E-state index contributed by atoms with van der Waals surface area (Å²) in [7, 11) is 1.63. The van der Waals surface area contributed by atoms with Crippen LogP contribution in [0.1, 0.15) is 36.1 Å². The number of rotatable bonds is 6. The molecule has 0 unspecified atom stereocenters. The second-order valence-corrected chi connectivity index (χ2v) is 6.39. The van der Waals surface area contributed by atoms with Crippen molar-refractivity contribution in [2.24, 2.45) is 5.92 Å². The Bertz CT molecular complexity index is 649. The van der Waals surface area contributed by atoms with Crippen LogP contribution in [-0.2, 0) is 11.2 Å². The molecule has 0 spiro atoms. The Morgan fingerprint density at radius 2 is 2.05 bits per heavy atom. The van der Waals surface area contributed by atoms with Gasteiger partial charge in [-0.15, -0.1) is 11.3 Å². The molecule has 5 heteroatoms. The summed E-state index contributed by atoms with van der Waals surface area (Å²) in [4.78, 5) is 17.6.